The molecular formula is C17H22N4. The molecule has 110 valence electrons. The third kappa shape index (κ3) is 3.51. The number of hydrogen-bond acceptors (Lipinski definition) is 4. The van der Waals surface area contributed by atoms with Gasteiger partial charge in [-0.2, -0.15) is 4.98 Å². The fourth-order valence-corrected chi connectivity index (χ4v) is 2.66. The smallest absolute Gasteiger partial charge is 0.229 e. The molecule has 1 N–H and O–H groups in total. The van der Waals surface area contributed by atoms with Crippen LogP contribution >= 0.6 is 0 Å². The van der Waals surface area contributed by atoms with Gasteiger partial charge >= 0.3 is 0 Å². The number of anilines is 3. The van der Waals surface area contributed by atoms with E-state index in [1.807, 2.05) is 6.92 Å². The molecule has 0 unspecified atom stereocenters. The molecule has 1 saturated heterocycles. The van der Waals surface area contributed by atoms with Crippen molar-refractivity contribution >= 4 is 17.5 Å². The first-order chi connectivity index (χ1) is 10.2. The van der Waals surface area contributed by atoms with Gasteiger partial charge in [-0.1, -0.05) is 17.7 Å². The second-order valence-corrected chi connectivity index (χ2v) is 5.73. The Morgan fingerprint density at radius 1 is 0.952 bits per heavy atom. The van der Waals surface area contributed by atoms with Crippen molar-refractivity contribution in [1.82, 2.24) is 9.97 Å². The highest BCUT2D eigenvalue weighted by atomic mass is 15.2. The highest BCUT2D eigenvalue weighted by Crippen LogP contribution is 2.21. The van der Waals surface area contributed by atoms with E-state index in [-0.39, 0.29) is 0 Å². The van der Waals surface area contributed by atoms with Crippen molar-refractivity contribution in [1.29, 1.82) is 0 Å². The van der Waals surface area contributed by atoms with Gasteiger partial charge in [-0.3, -0.25) is 0 Å². The molecule has 0 bridgehead atoms. The lowest BCUT2D eigenvalue weighted by Gasteiger charge is -2.28. The van der Waals surface area contributed by atoms with Crippen LogP contribution in [0.15, 0.2) is 30.3 Å². The van der Waals surface area contributed by atoms with Gasteiger partial charge in [0.05, 0.1) is 0 Å². The molecule has 1 fully saturated rings. The molecule has 0 atom stereocenters. The Morgan fingerprint density at radius 2 is 1.67 bits per heavy atom. The molecule has 3 rings (SSSR count). The fraction of sp³-hybridized carbons (Fsp3) is 0.412. The van der Waals surface area contributed by atoms with Gasteiger partial charge in [0.2, 0.25) is 5.95 Å². The summed E-state index contributed by atoms with van der Waals surface area (Å²) >= 11 is 0. The Hall–Kier alpha value is -2.10. The van der Waals surface area contributed by atoms with E-state index in [9.17, 15) is 0 Å². The average Bonchev–Trinajstić information content (AvgIpc) is 2.50. The Morgan fingerprint density at radius 3 is 2.38 bits per heavy atom. The minimum absolute atomic E-state index is 0.680. The summed E-state index contributed by atoms with van der Waals surface area (Å²) in [5.74, 6) is 1.72. The molecule has 21 heavy (non-hydrogen) atoms. The predicted molar refractivity (Wildman–Crippen MR) is 87.3 cm³/mol. The van der Waals surface area contributed by atoms with Crippen molar-refractivity contribution < 1.29 is 0 Å². The molecule has 0 radical (unpaired) electrons. The van der Waals surface area contributed by atoms with Crippen molar-refractivity contribution in [3.8, 4) is 0 Å². The van der Waals surface area contributed by atoms with Crippen molar-refractivity contribution in [2.45, 2.75) is 33.1 Å². The zero-order valence-electron chi connectivity index (χ0n) is 12.8. The van der Waals surface area contributed by atoms with Crippen LogP contribution in [0.2, 0.25) is 0 Å². The first-order valence-corrected chi connectivity index (χ1v) is 7.65. The monoisotopic (exact) mass is 282 g/mol. The van der Waals surface area contributed by atoms with E-state index in [1.54, 1.807) is 0 Å². The van der Waals surface area contributed by atoms with Crippen LogP contribution in [0, 0.1) is 13.8 Å². The van der Waals surface area contributed by atoms with Crippen LogP contribution in [0.1, 0.15) is 30.5 Å². The number of benzene rings is 1. The van der Waals surface area contributed by atoms with Crippen LogP contribution < -0.4 is 10.2 Å². The quantitative estimate of drug-likeness (QED) is 0.929. The summed E-state index contributed by atoms with van der Waals surface area (Å²) in [5.41, 5.74) is 3.27. The molecular weight excluding hydrogens is 260 g/mol. The zero-order valence-corrected chi connectivity index (χ0v) is 12.8. The summed E-state index contributed by atoms with van der Waals surface area (Å²) in [6.45, 7) is 6.30. The summed E-state index contributed by atoms with van der Waals surface area (Å²) in [6.07, 6.45) is 3.84. The van der Waals surface area contributed by atoms with E-state index in [0.29, 0.717) is 5.95 Å². The van der Waals surface area contributed by atoms with Crippen LogP contribution in [0.4, 0.5) is 17.5 Å². The summed E-state index contributed by atoms with van der Waals surface area (Å²) in [6, 6.07) is 10.4. The van der Waals surface area contributed by atoms with E-state index in [0.717, 1.165) is 30.3 Å². The average molecular weight is 282 g/mol. The second kappa shape index (κ2) is 6.12. The summed E-state index contributed by atoms with van der Waals surface area (Å²) in [5, 5.41) is 3.30. The van der Waals surface area contributed by atoms with Crippen LogP contribution in [0.3, 0.4) is 0 Å². The Balaban J connectivity index is 1.81. The summed E-state index contributed by atoms with van der Waals surface area (Å²) in [7, 11) is 0. The Kier molecular flexibility index (Phi) is 4.04. The summed E-state index contributed by atoms with van der Waals surface area (Å²) in [4.78, 5) is 11.5. The molecule has 4 nitrogen and oxygen atoms in total. The van der Waals surface area contributed by atoms with E-state index in [1.165, 1.54) is 24.8 Å². The topological polar surface area (TPSA) is 41.1 Å². The van der Waals surface area contributed by atoms with Gasteiger partial charge in [0, 0.05) is 30.5 Å². The molecule has 2 aromatic rings. The number of aromatic nitrogens is 2. The maximum atomic E-state index is 4.68. The van der Waals surface area contributed by atoms with Crippen LogP contribution in [-0.4, -0.2) is 23.1 Å². The van der Waals surface area contributed by atoms with E-state index < -0.39 is 0 Å². The molecule has 1 aliphatic rings. The highest BCUT2D eigenvalue weighted by molar-refractivity contribution is 5.56. The Bertz CT molecular complexity index is 601. The first-order valence-electron chi connectivity index (χ1n) is 7.65. The van der Waals surface area contributed by atoms with Gasteiger partial charge in [-0.05, 0) is 45.2 Å². The van der Waals surface area contributed by atoms with Crippen LogP contribution in [-0.2, 0) is 0 Å². The molecule has 0 amide bonds. The molecule has 2 heterocycles. The van der Waals surface area contributed by atoms with Gasteiger partial charge in [-0.25, -0.2) is 4.98 Å². The SMILES string of the molecule is Cc1ccc(Nc2nc(C)cc(N3CCCCC3)n2)cc1. The minimum Gasteiger partial charge on any atom is -0.356 e. The molecule has 1 aromatic heterocycles. The van der Waals surface area contributed by atoms with Crippen molar-refractivity contribution in [3.05, 3.63) is 41.6 Å². The third-order valence-electron chi connectivity index (χ3n) is 3.83. The molecule has 0 saturated carbocycles. The van der Waals surface area contributed by atoms with Crippen molar-refractivity contribution in [2.75, 3.05) is 23.3 Å². The van der Waals surface area contributed by atoms with Crippen molar-refractivity contribution in [2.24, 2.45) is 0 Å². The van der Waals surface area contributed by atoms with Gasteiger partial charge in [0.1, 0.15) is 5.82 Å². The number of rotatable bonds is 3. The number of hydrogen-bond donors (Lipinski definition) is 1. The van der Waals surface area contributed by atoms with E-state index >= 15 is 0 Å². The predicted octanol–water partition coefficient (Wildman–Crippen LogP) is 3.83. The lowest BCUT2D eigenvalue weighted by Crippen LogP contribution is -2.30. The van der Waals surface area contributed by atoms with E-state index in [4.69, 9.17) is 0 Å². The van der Waals surface area contributed by atoms with Gasteiger partial charge in [0.15, 0.2) is 0 Å². The standard InChI is InChI=1S/C17H22N4/c1-13-6-8-15(9-7-13)19-17-18-14(2)12-16(20-17)21-10-4-3-5-11-21/h6-9,12H,3-5,10-11H2,1-2H3,(H,18,19,20). The molecule has 1 aromatic carbocycles. The van der Waals surface area contributed by atoms with Gasteiger partial charge < -0.3 is 10.2 Å². The number of piperidine rings is 1. The third-order valence-corrected chi connectivity index (χ3v) is 3.83. The van der Waals surface area contributed by atoms with Gasteiger partial charge in [-0.15, -0.1) is 0 Å². The maximum Gasteiger partial charge on any atom is 0.229 e. The number of aryl methyl sites for hydroxylation is 2. The molecule has 0 spiro atoms. The highest BCUT2D eigenvalue weighted by Gasteiger charge is 2.13. The Labute approximate surface area is 126 Å². The second-order valence-electron chi connectivity index (χ2n) is 5.73. The van der Waals surface area contributed by atoms with E-state index in [2.05, 4.69) is 57.4 Å². The normalized spacial score (nSPS) is 15.0. The van der Waals surface area contributed by atoms with Crippen LogP contribution in [0.25, 0.3) is 0 Å². The zero-order chi connectivity index (χ0) is 14.7. The molecule has 0 aliphatic carbocycles. The summed E-state index contributed by atoms with van der Waals surface area (Å²) < 4.78 is 0. The first kappa shape index (κ1) is 13.9. The lowest BCUT2D eigenvalue weighted by atomic mass is 10.1. The largest absolute Gasteiger partial charge is 0.356 e. The number of nitrogens with zero attached hydrogens (tertiary/aromatic N) is 3. The van der Waals surface area contributed by atoms with Crippen molar-refractivity contribution in [3.63, 3.8) is 0 Å². The van der Waals surface area contributed by atoms with Crippen LogP contribution in [0.5, 0.6) is 0 Å². The minimum atomic E-state index is 0.680. The molecule has 4 heteroatoms. The fourth-order valence-electron chi connectivity index (χ4n) is 2.66. The maximum absolute atomic E-state index is 4.68. The lowest BCUT2D eigenvalue weighted by molar-refractivity contribution is 0.573. The van der Waals surface area contributed by atoms with Gasteiger partial charge in [0.25, 0.3) is 0 Å². The molecule has 1 aliphatic heterocycles. The number of nitrogens with one attached hydrogen (secondary N) is 1.